The van der Waals surface area contributed by atoms with Crippen LogP contribution in [-0.2, 0) is 11.4 Å². The molecule has 0 fully saturated rings. The Morgan fingerprint density at radius 3 is 2.50 bits per heavy atom. The Balaban J connectivity index is 1.40. The number of carbonyl (C=O) groups excluding carboxylic acids is 2. The summed E-state index contributed by atoms with van der Waals surface area (Å²) in [4.78, 5) is 28.6. The van der Waals surface area contributed by atoms with Gasteiger partial charge >= 0.3 is 6.03 Å². The maximum atomic E-state index is 12.7. The van der Waals surface area contributed by atoms with Gasteiger partial charge in [0.1, 0.15) is 34.8 Å². The Hall–Kier alpha value is -4.52. The van der Waals surface area contributed by atoms with E-state index in [1.165, 1.54) is 16.8 Å². The number of aromatic hydroxyl groups is 1. The summed E-state index contributed by atoms with van der Waals surface area (Å²) in [6, 6.07) is 14.0. The number of nitrogens with zero attached hydrogens (tertiary/aromatic N) is 3. The van der Waals surface area contributed by atoms with Gasteiger partial charge in [-0.05, 0) is 61.1 Å². The highest BCUT2D eigenvalue weighted by molar-refractivity contribution is 6.45. The van der Waals surface area contributed by atoms with Crippen molar-refractivity contribution in [3.63, 3.8) is 0 Å². The first-order chi connectivity index (χ1) is 19.3. The predicted octanol–water partition coefficient (Wildman–Crippen LogP) is 4.67. The number of rotatable bonds is 10. The fourth-order valence-corrected chi connectivity index (χ4v) is 3.95. The van der Waals surface area contributed by atoms with E-state index >= 15 is 0 Å². The van der Waals surface area contributed by atoms with Crippen LogP contribution in [-0.4, -0.2) is 52.5 Å². The third kappa shape index (κ3) is 7.11. The first kappa shape index (κ1) is 28.5. The van der Waals surface area contributed by atoms with E-state index < -0.39 is 6.03 Å². The molecule has 0 saturated heterocycles. The topological polar surface area (TPSA) is 152 Å². The summed E-state index contributed by atoms with van der Waals surface area (Å²) in [6.45, 7) is 0.281. The van der Waals surface area contributed by atoms with Gasteiger partial charge in [0, 0.05) is 12.3 Å². The first-order valence-electron chi connectivity index (χ1n) is 11.8. The number of hydrogen-bond donors (Lipinski definition) is 5. The SMILES string of the molecule is CNCC(=O)Nc1cc(COc2ccc(NC(=O)Nc3cc(O)nn3-c3ccc(OC)cc3)c(Cl)c2Cl)ccn1. The van der Waals surface area contributed by atoms with Crippen LogP contribution in [0.25, 0.3) is 5.69 Å². The summed E-state index contributed by atoms with van der Waals surface area (Å²) in [5.41, 5.74) is 1.55. The van der Waals surface area contributed by atoms with Crippen molar-refractivity contribution in [2.45, 2.75) is 6.61 Å². The summed E-state index contributed by atoms with van der Waals surface area (Å²) >= 11 is 12.8. The minimum absolute atomic E-state index is 0.0653. The molecule has 12 nitrogen and oxygen atoms in total. The van der Waals surface area contributed by atoms with Crippen molar-refractivity contribution >= 4 is 52.5 Å². The van der Waals surface area contributed by atoms with Gasteiger partial charge in [0.15, 0.2) is 0 Å². The number of ether oxygens (including phenoxy) is 2. The summed E-state index contributed by atoms with van der Waals surface area (Å²) in [7, 11) is 3.22. The lowest BCUT2D eigenvalue weighted by atomic mass is 10.2. The monoisotopic (exact) mass is 585 g/mol. The van der Waals surface area contributed by atoms with Gasteiger partial charge in [-0.25, -0.2) is 14.5 Å². The summed E-state index contributed by atoms with van der Waals surface area (Å²) < 4.78 is 12.3. The molecule has 0 bridgehead atoms. The number of nitrogens with one attached hydrogen (secondary N) is 4. The van der Waals surface area contributed by atoms with E-state index in [0.29, 0.717) is 17.3 Å². The third-order valence-corrected chi connectivity index (χ3v) is 6.24. The van der Waals surface area contributed by atoms with E-state index in [4.69, 9.17) is 32.7 Å². The molecule has 0 aliphatic heterocycles. The number of halogens is 2. The highest BCUT2D eigenvalue weighted by atomic mass is 35.5. The van der Waals surface area contributed by atoms with Crippen LogP contribution in [0.1, 0.15) is 5.56 Å². The average Bonchev–Trinajstić information content (AvgIpc) is 3.30. The molecule has 2 aromatic carbocycles. The van der Waals surface area contributed by atoms with Crippen LogP contribution in [0, 0.1) is 0 Å². The minimum atomic E-state index is -0.647. The van der Waals surface area contributed by atoms with Crippen molar-refractivity contribution in [3.05, 3.63) is 76.4 Å². The van der Waals surface area contributed by atoms with Crippen LogP contribution >= 0.6 is 23.2 Å². The van der Waals surface area contributed by atoms with Gasteiger partial charge in [-0.15, -0.1) is 5.10 Å². The molecular formula is C26H25Cl2N7O5. The zero-order valence-electron chi connectivity index (χ0n) is 21.4. The van der Waals surface area contributed by atoms with Crippen LogP contribution in [0.2, 0.25) is 10.0 Å². The van der Waals surface area contributed by atoms with Crippen molar-refractivity contribution in [2.24, 2.45) is 0 Å². The lowest BCUT2D eigenvalue weighted by molar-refractivity contribution is -0.115. The van der Waals surface area contributed by atoms with E-state index in [1.54, 1.807) is 62.8 Å². The quantitative estimate of drug-likeness (QED) is 0.180. The Kier molecular flexibility index (Phi) is 9.27. The number of carbonyl (C=O) groups is 2. The molecular weight excluding hydrogens is 561 g/mol. The maximum absolute atomic E-state index is 12.7. The van der Waals surface area contributed by atoms with E-state index in [2.05, 4.69) is 31.3 Å². The Morgan fingerprint density at radius 2 is 1.77 bits per heavy atom. The predicted molar refractivity (Wildman–Crippen MR) is 152 cm³/mol. The van der Waals surface area contributed by atoms with E-state index in [-0.39, 0.29) is 52.2 Å². The van der Waals surface area contributed by atoms with E-state index in [9.17, 15) is 14.7 Å². The fourth-order valence-electron chi connectivity index (χ4n) is 3.53. The van der Waals surface area contributed by atoms with Crippen molar-refractivity contribution < 1.29 is 24.2 Å². The molecule has 0 radical (unpaired) electrons. The Morgan fingerprint density at radius 1 is 1.00 bits per heavy atom. The number of amides is 3. The van der Waals surface area contributed by atoms with Crippen molar-refractivity contribution in [1.82, 2.24) is 20.1 Å². The zero-order valence-corrected chi connectivity index (χ0v) is 22.9. The number of aromatic nitrogens is 3. The lowest BCUT2D eigenvalue weighted by Gasteiger charge is -2.14. The lowest BCUT2D eigenvalue weighted by Crippen LogP contribution is -2.25. The second kappa shape index (κ2) is 13.0. The Bertz CT molecular complexity index is 1510. The zero-order chi connectivity index (χ0) is 28.6. The number of methoxy groups -OCH3 is 1. The molecule has 0 aliphatic carbocycles. The molecule has 14 heteroatoms. The number of pyridine rings is 1. The van der Waals surface area contributed by atoms with Crippen LogP contribution in [0.4, 0.5) is 22.1 Å². The van der Waals surface area contributed by atoms with Gasteiger partial charge in [0.2, 0.25) is 11.8 Å². The molecule has 0 atom stereocenters. The summed E-state index contributed by atoms with van der Waals surface area (Å²) in [5, 5.41) is 24.8. The van der Waals surface area contributed by atoms with Crippen LogP contribution < -0.4 is 30.7 Å². The van der Waals surface area contributed by atoms with Crippen molar-refractivity contribution in [2.75, 3.05) is 36.7 Å². The number of likely N-dealkylation sites (N-methyl/N-ethyl adjacent to an activating group) is 1. The number of urea groups is 1. The van der Waals surface area contributed by atoms with Gasteiger partial charge in [0.25, 0.3) is 0 Å². The number of anilines is 3. The van der Waals surface area contributed by atoms with Gasteiger partial charge in [-0.2, -0.15) is 0 Å². The Labute approximate surface area is 239 Å². The van der Waals surface area contributed by atoms with Crippen LogP contribution in [0.3, 0.4) is 0 Å². The normalized spacial score (nSPS) is 10.6. The van der Waals surface area contributed by atoms with Gasteiger partial charge in [-0.3, -0.25) is 10.1 Å². The average molecular weight is 586 g/mol. The van der Waals surface area contributed by atoms with Gasteiger partial charge < -0.3 is 30.5 Å². The molecule has 0 aliphatic rings. The highest BCUT2D eigenvalue weighted by Crippen LogP contribution is 2.38. The second-order valence-corrected chi connectivity index (χ2v) is 8.99. The van der Waals surface area contributed by atoms with E-state index in [1.807, 2.05) is 0 Å². The molecule has 5 N–H and O–H groups in total. The first-order valence-corrected chi connectivity index (χ1v) is 12.5. The number of benzene rings is 2. The molecule has 40 heavy (non-hydrogen) atoms. The molecule has 0 unspecified atom stereocenters. The van der Waals surface area contributed by atoms with Crippen molar-refractivity contribution in [1.29, 1.82) is 0 Å². The third-order valence-electron chi connectivity index (χ3n) is 5.37. The summed E-state index contributed by atoms with van der Waals surface area (Å²) in [6.07, 6.45) is 1.55. The van der Waals surface area contributed by atoms with Crippen LogP contribution in [0.5, 0.6) is 17.4 Å². The maximum Gasteiger partial charge on any atom is 0.324 e. The minimum Gasteiger partial charge on any atom is -0.497 e. The fraction of sp³-hybridized carbons (Fsp3) is 0.154. The largest absolute Gasteiger partial charge is 0.497 e. The molecule has 4 rings (SSSR count). The van der Waals surface area contributed by atoms with Gasteiger partial charge in [0.05, 0.1) is 30.1 Å². The summed E-state index contributed by atoms with van der Waals surface area (Å²) in [5.74, 6) is 1.02. The molecule has 2 heterocycles. The van der Waals surface area contributed by atoms with Crippen molar-refractivity contribution in [3.8, 4) is 23.1 Å². The second-order valence-electron chi connectivity index (χ2n) is 8.23. The molecule has 2 aromatic heterocycles. The molecule has 3 amide bonds. The van der Waals surface area contributed by atoms with Gasteiger partial charge in [-0.1, -0.05) is 23.2 Å². The molecule has 0 saturated carbocycles. The number of hydrogen-bond acceptors (Lipinski definition) is 8. The molecule has 0 spiro atoms. The highest BCUT2D eigenvalue weighted by Gasteiger charge is 2.16. The smallest absolute Gasteiger partial charge is 0.324 e. The molecule has 4 aromatic rings. The van der Waals surface area contributed by atoms with E-state index in [0.717, 1.165) is 5.56 Å². The van der Waals surface area contributed by atoms with Crippen LogP contribution in [0.15, 0.2) is 60.8 Å². The molecule has 208 valence electrons. The standard InChI is InChI=1S/C26H25Cl2N7O5/c1-29-13-23(37)32-20-11-15(9-10-30-20)14-40-19-8-7-18(24(27)25(19)28)31-26(38)33-21-12-22(36)34-35(21)16-3-5-17(39-2)6-4-16/h3-12,29H,13-14H2,1-2H3,(H,34,36)(H,30,32,37)(H2,31,33,38).